The Labute approximate surface area is 45.4 Å². The molecule has 0 bridgehead atoms. The van der Waals surface area contributed by atoms with Gasteiger partial charge in [0.15, 0.2) is 0 Å². The minimum atomic E-state index is -0.0660. The van der Waals surface area contributed by atoms with E-state index in [4.69, 9.17) is 0 Å². The molecule has 1 aliphatic rings. The highest BCUT2D eigenvalue weighted by Gasteiger charge is 1.96. The number of nitrogens with one attached hydrogen (secondary N) is 2. The molecule has 3 nitrogen and oxygen atoms in total. The summed E-state index contributed by atoms with van der Waals surface area (Å²) in [5.74, 6) is -0.0660. The van der Waals surface area contributed by atoms with Gasteiger partial charge in [-0.05, 0) is 0 Å². The van der Waals surface area contributed by atoms with Crippen molar-refractivity contribution in [2.45, 2.75) is 0 Å². The first kappa shape index (κ1) is 4.52. The van der Waals surface area contributed by atoms with Crippen LogP contribution in [-0.2, 0) is 4.79 Å². The van der Waals surface area contributed by atoms with Crippen LogP contribution < -0.4 is 9.44 Å². The van der Waals surface area contributed by atoms with Crippen molar-refractivity contribution < 1.29 is 4.79 Å². The summed E-state index contributed by atoms with van der Waals surface area (Å²) in [5.41, 5.74) is 0. The van der Waals surface area contributed by atoms with E-state index in [1.807, 2.05) is 0 Å². The topological polar surface area (TPSA) is 41.1 Å². The molecule has 1 heterocycles. The van der Waals surface area contributed by atoms with Gasteiger partial charge in [-0.2, -0.15) is 0 Å². The average molecular weight is 116 g/mol. The van der Waals surface area contributed by atoms with Gasteiger partial charge in [-0.15, -0.1) is 0 Å². The van der Waals surface area contributed by atoms with E-state index in [-0.39, 0.29) is 5.91 Å². The number of carbonyl (C=O) groups is 1. The van der Waals surface area contributed by atoms with Crippen molar-refractivity contribution >= 4 is 18.0 Å². The highest BCUT2D eigenvalue weighted by molar-refractivity contribution is 7.96. The summed E-state index contributed by atoms with van der Waals surface area (Å²) >= 11 is 1.17. The Morgan fingerprint density at radius 3 is 2.86 bits per heavy atom. The predicted octanol–water partition coefficient (Wildman–Crippen LogP) is -0.217. The molecule has 0 saturated heterocycles. The first-order valence-electron chi connectivity index (χ1n) is 1.77. The molecule has 0 unspecified atom stereocenters. The molecule has 0 fully saturated rings. The normalized spacial score (nSPS) is 18.0. The van der Waals surface area contributed by atoms with Crippen molar-refractivity contribution in [3.05, 3.63) is 12.3 Å². The summed E-state index contributed by atoms with van der Waals surface area (Å²) in [7, 11) is 0. The second-order valence-electron chi connectivity index (χ2n) is 1.02. The van der Waals surface area contributed by atoms with E-state index in [0.717, 1.165) is 0 Å². The average Bonchev–Trinajstić information content (AvgIpc) is 1.69. The molecule has 38 valence electrons. The minimum Gasteiger partial charge on any atom is -0.319 e. The van der Waals surface area contributed by atoms with Crippen LogP contribution in [0.3, 0.4) is 0 Å². The number of hydrogen-bond acceptors (Lipinski definition) is 3. The molecule has 0 aromatic heterocycles. The molecule has 1 rings (SSSR count). The van der Waals surface area contributed by atoms with Crippen LogP contribution in [0.2, 0.25) is 0 Å². The van der Waals surface area contributed by atoms with Crippen LogP contribution in [0.15, 0.2) is 12.3 Å². The molecule has 0 atom stereocenters. The summed E-state index contributed by atoms with van der Waals surface area (Å²) in [4.78, 5) is 10.2. The van der Waals surface area contributed by atoms with Gasteiger partial charge >= 0.3 is 0 Å². The van der Waals surface area contributed by atoms with Crippen LogP contribution >= 0.6 is 12.1 Å². The fourth-order valence-corrected chi connectivity index (χ4v) is 0.621. The summed E-state index contributed by atoms with van der Waals surface area (Å²) < 4.78 is 5.18. The molecule has 0 radical (unpaired) electrons. The van der Waals surface area contributed by atoms with Gasteiger partial charge in [0.25, 0.3) is 5.91 Å². The van der Waals surface area contributed by atoms with Crippen molar-refractivity contribution in [3.63, 3.8) is 0 Å². The second kappa shape index (κ2) is 1.88. The molecule has 0 aliphatic carbocycles. The fourth-order valence-electron chi connectivity index (χ4n) is 0.258. The molecule has 4 heteroatoms. The Bertz CT molecular complexity index is 112. The van der Waals surface area contributed by atoms with Gasteiger partial charge in [-0.25, -0.2) is 0 Å². The largest absolute Gasteiger partial charge is 0.319 e. The lowest BCUT2D eigenvalue weighted by molar-refractivity contribution is -0.114. The third kappa shape index (κ3) is 1.12. The van der Waals surface area contributed by atoms with Gasteiger partial charge in [0.2, 0.25) is 0 Å². The second-order valence-corrected chi connectivity index (χ2v) is 1.66. The van der Waals surface area contributed by atoms with E-state index in [1.54, 1.807) is 6.20 Å². The number of carbonyl (C=O) groups excluding carboxylic acids is 1. The maximum absolute atomic E-state index is 10.2. The summed E-state index contributed by atoms with van der Waals surface area (Å²) in [5, 5.41) is 0. The zero-order valence-electron chi connectivity index (χ0n) is 3.47. The molecule has 2 N–H and O–H groups in total. The molecule has 1 aliphatic heterocycles. The van der Waals surface area contributed by atoms with Crippen molar-refractivity contribution in [1.82, 2.24) is 9.44 Å². The lowest BCUT2D eigenvalue weighted by Crippen LogP contribution is -2.20. The smallest absolute Gasteiger partial charge is 0.256 e. The summed E-state index contributed by atoms with van der Waals surface area (Å²) in [6.07, 6.45) is 3.01. The van der Waals surface area contributed by atoms with Crippen molar-refractivity contribution in [3.8, 4) is 0 Å². The van der Waals surface area contributed by atoms with Crippen LogP contribution in [0.5, 0.6) is 0 Å². The van der Waals surface area contributed by atoms with Gasteiger partial charge in [0, 0.05) is 12.3 Å². The predicted molar refractivity (Wildman–Crippen MR) is 28.0 cm³/mol. The first-order valence-corrected chi connectivity index (χ1v) is 2.59. The van der Waals surface area contributed by atoms with E-state index in [1.165, 1.54) is 18.2 Å². The first-order chi connectivity index (χ1) is 3.39. The van der Waals surface area contributed by atoms with E-state index >= 15 is 0 Å². The quantitative estimate of drug-likeness (QED) is 0.430. The van der Waals surface area contributed by atoms with Crippen LogP contribution in [-0.4, -0.2) is 5.91 Å². The Balaban J connectivity index is 2.51. The minimum absolute atomic E-state index is 0.0660. The highest BCUT2D eigenvalue weighted by Crippen LogP contribution is 1.90. The van der Waals surface area contributed by atoms with Crippen LogP contribution in [0.1, 0.15) is 0 Å². The monoisotopic (exact) mass is 116 g/mol. The molecular formula is C3H4N2OS. The zero-order chi connectivity index (χ0) is 5.11. The third-order valence-corrected chi connectivity index (χ3v) is 1.07. The molecular weight excluding hydrogens is 112 g/mol. The van der Waals surface area contributed by atoms with Crippen molar-refractivity contribution in [1.29, 1.82) is 0 Å². The molecule has 0 aromatic carbocycles. The van der Waals surface area contributed by atoms with E-state index in [9.17, 15) is 4.79 Å². The summed E-state index contributed by atoms with van der Waals surface area (Å²) in [6, 6.07) is 0. The fraction of sp³-hybridized carbons (Fsp3) is 0. The lowest BCUT2D eigenvalue weighted by atomic mass is 10.6. The summed E-state index contributed by atoms with van der Waals surface area (Å²) in [6.45, 7) is 0. The maximum atomic E-state index is 10.2. The number of hydrogen-bond donors (Lipinski definition) is 2. The Hall–Kier alpha value is -0.640. The lowest BCUT2D eigenvalue weighted by Gasteiger charge is -2.03. The maximum Gasteiger partial charge on any atom is 0.256 e. The van der Waals surface area contributed by atoms with Crippen LogP contribution in [0, 0.1) is 0 Å². The van der Waals surface area contributed by atoms with Gasteiger partial charge < -0.3 is 4.72 Å². The Morgan fingerprint density at radius 1 is 1.71 bits per heavy atom. The zero-order valence-corrected chi connectivity index (χ0v) is 4.29. The van der Waals surface area contributed by atoms with E-state index in [0.29, 0.717) is 0 Å². The SMILES string of the molecule is O=C1C=CNSN1. The van der Waals surface area contributed by atoms with E-state index < -0.39 is 0 Å². The van der Waals surface area contributed by atoms with Crippen molar-refractivity contribution in [2.24, 2.45) is 0 Å². The molecule has 7 heavy (non-hydrogen) atoms. The van der Waals surface area contributed by atoms with Crippen LogP contribution in [0.25, 0.3) is 0 Å². The Kier molecular flexibility index (Phi) is 1.21. The third-order valence-electron chi connectivity index (χ3n) is 0.513. The highest BCUT2D eigenvalue weighted by atomic mass is 32.2. The van der Waals surface area contributed by atoms with Gasteiger partial charge in [-0.1, -0.05) is 0 Å². The number of rotatable bonds is 0. The van der Waals surface area contributed by atoms with Gasteiger partial charge in [-0.3, -0.25) is 9.52 Å². The van der Waals surface area contributed by atoms with Gasteiger partial charge in [0.05, 0.1) is 12.1 Å². The van der Waals surface area contributed by atoms with Crippen molar-refractivity contribution in [2.75, 3.05) is 0 Å². The van der Waals surface area contributed by atoms with Gasteiger partial charge in [0.1, 0.15) is 0 Å². The standard InChI is InChI=1S/C3H4N2OS/c6-3-1-2-4-7-5-3/h1-2,4H,(H,5,6). The van der Waals surface area contributed by atoms with E-state index in [2.05, 4.69) is 9.44 Å². The Morgan fingerprint density at radius 2 is 2.57 bits per heavy atom. The van der Waals surface area contributed by atoms with Crippen LogP contribution in [0.4, 0.5) is 0 Å². The molecule has 0 saturated carbocycles. The molecule has 0 aromatic rings. The number of amides is 1. The molecule has 0 spiro atoms. The molecule has 1 amide bonds.